The average molecular weight is 296 g/mol. The Kier molecular flexibility index (Phi) is 4.35. The van der Waals surface area contributed by atoms with E-state index in [0.29, 0.717) is 18.6 Å². The highest BCUT2D eigenvalue weighted by Crippen LogP contribution is 2.30. The number of amides is 1. The summed E-state index contributed by atoms with van der Waals surface area (Å²) < 4.78 is 10.8. The van der Waals surface area contributed by atoms with Crippen LogP contribution in [0.4, 0.5) is 0 Å². The molecule has 0 radical (unpaired) electrons. The molecule has 2 fully saturated rings. The van der Waals surface area contributed by atoms with Crippen molar-refractivity contribution in [1.29, 1.82) is 0 Å². The topological polar surface area (TPSA) is 50.8 Å². The van der Waals surface area contributed by atoms with Crippen molar-refractivity contribution in [3.05, 3.63) is 22.4 Å². The van der Waals surface area contributed by atoms with Crippen LogP contribution in [0.15, 0.2) is 16.8 Å². The van der Waals surface area contributed by atoms with E-state index >= 15 is 0 Å². The molecule has 110 valence electrons. The van der Waals surface area contributed by atoms with Crippen LogP contribution in [0.3, 0.4) is 0 Å². The van der Waals surface area contributed by atoms with Crippen molar-refractivity contribution in [3.63, 3.8) is 0 Å². The number of nitrogens with one attached hydrogen (secondary N) is 1. The van der Waals surface area contributed by atoms with Crippen LogP contribution in [0.5, 0.6) is 0 Å². The van der Waals surface area contributed by atoms with Crippen molar-refractivity contribution >= 4 is 17.2 Å². The SMILES string of the molecule is COCCN1C[C@@H](NC(=O)c2ccsc2)[C@H]2COC[C@H]21. The van der Waals surface area contributed by atoms with E-state index < -0.39 is 0 Å². The fourth-order valence-electron chi connectivity index (χ4n) is 3.11. The predicted molar refractivity (Wildman–Crippen MR) is 77.1 cm³/mol. The molecule has 1 aromatic rings. The molecular weight excluding hydrogens is 276 g/mol. The summed E-state index contributed by atoms with van der Waals surface area (Å²) in [6, 6.07) is 2.45. The third kappa shape index (κ3) is 2.74. The van der Waals surface area contributed by atoms with Gasteiger partial charge in [0.2, 0.25) is 0 Å². The van der Waals surface area contributed by atoms with Gasteiger partial charge in [-0.2, -0.15) is 11.3 Å². The summed E-state index contributed by atoms with van der Waals surface area (Å²) in [6.45, 7) is 4.00. The third-order valence-electron chi connectivity index (χ3n) is 4.19. The van der Waals surface area contributed by atoms with Gasteiger partial charge in [-0.25, -0.2) is 0 Å². The van der Waals surface area contributed by atoms with E-state index in [0.717, 1.165) is 31.9 Å². The van der Waals surface area contributed by atoms with Gasteiger partial charge in [-0.15, -0.1) is 0 Å². The number of rotatable bonds is 5. The standard InChI is InChI=1S/C14H20N2O3S/c1-18-4-3-16-6-12(11-7-19-8-13(11)16)15-14(17)10-2-5-20-9-10/h2,5,9,11-13H,3-4,6-8H2,1H3,(H,15,17)/t11-,12-,13-/m1/s1. The van der Waals surface area contributed by atoms with E-state index in [1.807, 2.05) is 16.8 Å². The van der Waals surface area contributed by atoms with Crippen molar-refractivity contribution in [3.8, 4) is 0 Å². The average Bonchev–Trinajstić information content (AvgIpc) is 3.16. The zero-order valence-corrected chi connectivity index (χ0v) is 12.4. The molecule has 0 unspecified atom stereocenters. The summed E-state index contributed by atoms with van der Waals surface area (Å²) in [6.07, 6.45) is 0. The molecule has 2 aliphatic heterocycles. The molecule has 0 saturated carbocycles. The first-order chi connectivity index (χ1) is 9.79. The van der Waals surface area contributed by atoms with Crippen LogP contribution in [0.2, 0.25) is 0 Å². The van der Waals surface area contributed by atoms with Gasteiger partial charge in [0.05, 0.1) is 19.8 Å². The number of nitrogens with zero attached hydrogens (tertiary/aromatic N) is 1. The molecule has 0 aromatic carbocycles. The Morgan fingerprint density at radius 2 is 2.50 bits per heavy atom. The Labute approximate surface area is 122 Å². The van der Waals surface area contributed by atoms with Crippen LogP contribution in [0.25, 0.3) is 0 Å². The highest BCUT2D eigenvalue weighted by Gasteiger charge is 2.45. The molecule has 2 saturated heterocycles. The van der Waals surface area contributed by atoms with Crippen LogP contribution < -0.4 is 5.32 Å². The maximum Gasteiger partial charge on any atom is 0.252 e. The molecule has 3 atom stereocenters. The smallest absolute Gasteiger partial charge is 0.252 e. The Morgan fingerprint density at radius 1 is 1.60 bits per heavy atom. The first-order valence-electron chi connectivity index (χ1n) is 6.93. The second kappa shape index (κ2) is 6.22. The number of carbonyl (C=O) groups is 1. The molecule has 1 amide bonds. The second-order valence-electron chi connectivity index (χ2n) is 5.35. The molecule has 0 aliphatic carbocycles. The van der Waals surface area contributed by atoms with Crippen LogP contribution in [0, 0.1) is 5.92 Å². The number of likely N-dealkylation sites (tertiary alicyclic amines) is 1. The molecule has 0 bridgehead atoms. The lowest BCUT2D eigenvalue weighted by Gasteiger charge is -2.21. The minimum Gasteiger partial charge on any atom is -0.383 e. The summed E-state index contributed by atoms with van der Waals surface area (Å²) in [5.74, 6) is 0.421. The van der Waals surface area contributed by atoms with Gasteiger partial charge in [-0.05, 0) is 11.4 Å². The molecule has 20 heavy (non-hydrogen) atoms. The maximum atomic E-state index is 12.2. The number of hydrogen-bond acceptors (Lipinski definition) is 5. The van der Waals surface area contributed by atoms with Gasteiger partial charge in [0, 0.05) is 49.1 Å². The van der Waals surface area contributed by atoms with Gasteiger partial charge < -0.3 is 14.8 Å². The molecule has 3 heterocycles. The minimum atomic E-state index is 0.0236. The number of methoxy groups -OCH3 is 1. The summed E-state index contributed by atoms with van der Waals surface area (Å²) in [5.41, 5.74) is 0.751. The molecule has 5 nitrogen and oxygen atoms in total. The highest BCUT2D eigenvalue weighted by atomic mass is 32.1. The van der Waals surface area contributed by atoms with Crippen molar-refractivity contribution in [2.45, 2.75) is 12.1 Å². The minimum absolute atomic E-state index is 0.0236. The van der Waals surface area contributed by atoms with E-state index in [-0.39, 0.29) is 11.9 Å². The quantitative estimate of drug-likeness (QED) is 0.874. The van der Waals surface area contributed by atoms with E-state index in [2.05, 4.69) is 10.2 Å². The van der Waals surface area contributed by atoms with Crippen LogP contribution in [-0.4, -0.2) is 62.9 Å². The molecule has 6 heteroatoms. The largest absolute Gasteiger partial charge is 0.383 e. The van der Waals surface area contributed by atoms with E-state index in [1.54, 1.807) is 18.4 Å². The Morgan fingerprint density at radius 3 is 3.25 bits per heavy atom. The van der Waals surface area contributed by atoms with E-state index in [1.165, 1.54) is 0 Å². The van der Waals surface area contributed by atoms with Crippen molar-refractivity contribution < 1.29 is 14.3 Å². The molecule has 0 spiro atoms. The summed E-state index contributed by atoms with van der Waals surface area (Å²) in [5, 5.41) is 6.98. The van der Waals surface area contributed by atoms with Crippen LogP contribution in [-0.2, 0) is 9.47 Å². The molecular formula is C14H20N2O3S. The van der Waals surface area contributed by atoms with Crippen molar-refractivity contribution in [1.82, 2.24) is 10.2 Å². The fourth-order valence-corrected chi connectivity index (χ4v) is 3.74. The molecule has 3 rings (SSSR count). The molecule has 1 N–H and O–H groups in total. The third-order valence-corrected chi connectivity index (χ3v) is 4.88. The van der Waals surface area contributed by atoms with E-state index in [4.69, 9.17) is 9.47 Å². The molecule has 2 aliphatic rings. The van der Waals surface area contributed by atoms with Gasteiger partial charge in [-0.1, -0.05) is 0 Å². The number of fused-ring (bicyclic) bond motifs is 1. The summed E-state index contributed by atoms with van der Waals surface area (Å²) in [7, 11) is 1.72. The number of hydrogen-bond donors (Lipinski definition) is 1. The summed E-state index contributed by atoms with van der Waals surface area (Å²) in [4.78, 5) is 14.6. The number of carbonyl (C=O) groups excluding carboxylic acids is 1. The Hall–Kier alpha value is -0.950. The number of thiophene rings is 1. The van der Waals surface area contributed by atoms with Gasteiger partial charge >= 0.3 is 0 Å². The fraction of sp³-hybridized carbons (Fsp3) is 0.643. The van der Waals surface area contributed by atoms with Gasteiger partial charge in [0.15, 0.2) is 0 Å². The highest BCUT2D eigenvalue weighted by molar-refractivity contribution is 7.08. The molecule has 1 aromatic heterocycles. The van der Waals surface area contributed by atoms with Gasteiger partial charge in [0.1, 0.15) is 0 Å². The predicted octanol–water partition coefficient (Wildman–Crippen LogP) is 0.823. The van der Waals surface area contributed by atoms with Crippen LogP contribution in [0.1, 0.15) is 10.4 Å². The zero-order chi connectivity index (χ0) is 13.9. The Balaban J connectivity index is 1.63. The normalized spacial score (nSPS) is 29.6. The first kappa shape index (κ1) is 14.0. The number of ether oxygens (including phenoxy) is 2. The lowest BCUT2D eigenvalue weighted by atomic mass is 9.99. The maximum absolute atomic E-state index is 12.2. The second-order valence-corrected chi connectivity index (χ2v) is 6.13. The lowest BCUT2D eigenvalue weighted by molar-refractivity contribution is 0.0907. The van der Waals surface area contributed by atoms with Gasteiger partial charge in [-0.3, -0.25) is 9.69 Å². The van der Waals surface area contributed by atoms with Crippen LogP contribution >= 0.6 is 11.3 Å². The summed E-state index contributed by atoms with van der Waals surface area (Å²) >= 11 is 1.54. The lowest BCUT2D eigenvalue weighted by Crippen LogP contribution is -2.41. The monoisotopic (exact) mass is 296 g/mol. The Bertz CT molecular complexity index is 451. The van der Waals surface area contributed by atoms with E-state index in [9.17, 15) is 4.79 Å². The van der Waals surface area contributed by atoms with Gasteiger partial charge in [0.25, 0.3) is 5.91 Å². The van der Waals surface area contributed by atoms with Crippen molar-refractivity contribution in [2.24, 2.45) is 5.92 Å². The zero-order valence-electron chi connectivity index (χ0n) is 11.6. The first-order valence-corrected chi connectivity index (χ1v) is 7.87. The van der Waals surface area contributed by atoms with Crippen molar-refractivity contribution in [2.75, 3.05) is 40.0 Å².